The van der Waals surface area contributed by atoms with E-state index in [2.05, 4.69) is 0 Å². The number of aryl methyl sites for hydroxylation is 1. The number of hydrogen-bond acceptors (Lipinski definition) is 4. The highest BCUT2D eigenvalue weighted by molar-refractivity contribution is 5.94. The molecule has 0 aliphatic rings. The zero-order valence-electron chi connectivity index (χ0n) is 11.5. The van der Waals surface area contributed by atoms with E-state index >= 15 is 0 Å². The number of halogens is 1. The standard InChI is InChI=1S/C15H13FO5/c1-8-5-11(21-14(8)15(18)19)7-20-10-3-4-12(9(2)17)13(16)6-10/h3-6H,7H2,1-2H3,(H,18,19). The third kappa shape index (κ3) is 3.28. The molecular formula is C15H13FO5. The first-order chi connectivity index (χ1) is 9.88. The summed E-state index contributed by atoms with van der Waals surface area (Å²) in [6.45, 7) is 2.85. The van der Waals surface area contributed by atoms with Gasteiger partial charge < -0.3 is 14.3 Å². The first-order valence-electron chi connectivity index (χ1n) is 6.14. The SMILES string of the molecule is CC(=O)c1ccc(OCc2cc(C)c(C(=O)O)o2)cc1F. The molecule has 0 bridgehead atoms. The molecule has 5 nitrogen and oxygen atoms in total. The molecule has 110 valence electrons. The van der Waals surface area contributed by atoms with Crippen LogP contribution in [0.15, 0.2) is 28.7 Å². The molecule has 0 spiro atoms. The van der Waals surface area contributed by atoms with Crippen LogP contribution in [-0.4, -0.2) is 16.9 Å². The van der Waals surface area contributed by atoms with Crippen molar-refractivity contribution in [1.82, 2.24) is 0 Å². The summed E-state index contributed by atoms with van der Waals surface area (Å²) >= 11 is 0. The van der Waals surface area contributed by atoms with Crippen molar-refractivity contribution in [3.05, 3.63) is 52.7 Å². The van der Waals surface area contributed by atoms with Crippen LogP contribution in [0, 0.1) is 12.7 Å². The van der Waals surface area contributed by atoms with E-state index < -0.39 is 11.8 Å². The van der Waals surface area contributed by atoms with Crippen molar-refractivity contribution >= 4 is 11.8 Å². The molecule has 1 aromatic carbocycles. The second-order valence-electron chi connectivity index (χ2n) is 4.52. The minimum absolute atomic E-state index is 0.00986. The van der Waals surface area contributed by atoms with Crippen LogP contribution in [0.4, 0.5) is 4.39 Å². The van der Waals surface area contributed by atoms with Gasteiger partial charge in [-0.1, -0.05) is 0 Å². The van der Waals surface area contributed by atoms with Crippen molar-refractivity contribution < 1.29 is 28.2 Å². The maximum Gasteiger partial charge on any atom is 0.372 e. The van der Waals surface area contributed by atoms with E-state index in [-0.39, 0.29) is 29.5 Å². The number of carbonyl (C=O) groups excluding carboxylic acids is 1. The summed E-state index contributed by atoms with van der Waals surface area (Å²) in [5.74, 6) is -1.79. The summed E-state index contributed by atoms with van der Waals surface area (Å²) in [5.41, 5.74) is 0.476. The normalized spacial score (nSPS) is 10.4. The average Bonchev–Trinajstić information content (AvgIpc) is 2.77. The number of Topliss-reactive ketones (excluding diaryl/α,β-unsaturated/α-hetero) is 1. The quantitative estimate of drug-likeness (QED) is 0.856. The molecule has 0 amide bonds. The molecular weight excluding hydrogens is 279 g/mol. The summed E-state index contributed by atoms with van der Waals surface area (Å²) in [4.78, 5) is 21.9. The van der Waals surface area contributed by atoms with Crippen molar-refractivity contribution in [2.75, 3.05) is 0 Å². The Balaban J connectivity index is 2.10. The Morgan fingerprint density at radius 3 is 2.57 bits per heavy atom. The van der Waals surface area contributed by atoms with Crippen LogP contribution < -0.4 is 4.74 Å². The Labute approximate surface area is 120 Å². The fraction of sp³-hybridized carbons (Fsp3) is 0.200. The lowest BCUT2D eigenvalue weighted by Gasteiger charge is -2.05. The van der Waals surface area contributed by atoms with Crippen molar-refractivity contribution in [1.29, 1.82) is 0 Å². The number of rotatable bonds is 5. The number of benzene rings is 1. The van der Waals surface area contributed by atoms with Gasteiger partial charge in [-0.2, -0.15) is 0 Å². The monoisotopic (exact) mass is 292 g/mol. The number of ketones is 1. The first kappa shape index (κ1) is 14.8. The van der Waals surface area contributed by atoms with E-state index in [0.717, 1.165) is 6.07 Å². The Morgan fingerprint density at radius 1 is 1.33 bits per heavy atom. The van der Waals surface area contributed by atoms with Gasteiger partial charge in [0.15, 0.2) is 5.78 Å². The van der Waals surface area contributed by atoms with Gasteiger partial charge in [-0.05, 0) is 32.0 Å². The minimum atomic E-state index is -1.16. The van der Waals surface area contributed by atoms with E-state index in [1.54, 1.807) is 13.0 Å². The van der Waals surface area contributed by atoms with Crippen LogP contribution >= 0.6 is 0 Å². The zero-order chi connectivity index (χ0) is 15.6. The predicted molar refractivity (Wildman–Crippen MR) is 71.1 cm³/mol. The number of carbonyl (C=O) groups is 2. The molecule has 2 aromatic rings. The Hall–Kier alpha value is -2.63. The third-order valence-corrected chi connectivity index (χ3v) is 2.86. The molecule has 0 aliphatic carbocycles. The number of furan rings is 1. The maximum absolute atomic E-state index is 13.6. The van der Waals surface area contributed by atoms with Crippen molar-refractivity contribution in [2.24, 2.45) is 0 Å². The number of carboxylic acids is 1. The summed E-state index contributed by atoms with van der Waals surface area (Å²) < 4.78 is 24.0. The highest BCUT2D eigenvalue weighted by Gasteiger charge is 2.15. The van der Waals surface area contributed by atoms with E-state index in [4.69, 9.17) is 14.3 Å². The molecule has 0 fully saturated rings. The molecule has 1 N–H and O–H groups in total. The molecule has 1 heterocycles. The lowest BCUT2D eigenvalue weighted by Crippen LogP contribution is -1.99. The van der Waals surface area contributed by atoms with Crippen LogP contribution in [0.2, 0.25) is 0 Å². The van der Waals surface area contributed by atoms with E-state index in [1.807, 2.05) is 0 Å². The van der Waals surface area contributed by atoms with E-state index in [9.17, 15) is 14.0 Å². The van der Waals surface area contributed by atoms with Crippen molar-refractivity contribution in [3.63, 3.8) is 0 Å². The fourth-order valence-corrected chi connectivity index (χ4v) is 1.86. The van der Waals surface area contributed by atoms with Gasteiger partial charge in [0.1, 0.15) is 23.9 Å². The number of aromatic carboxylic acids is 1. The maximum atomic E-state index is 13.6. The van der Waals surface area contributed by atoms with Gasteiger partial charge in [-0.3, -0.25) is 4.79 Å². The molecule has 2 rings (SSSR count). The van der Waals surface area contributed by atoms with Gasteiger partial charge in [0.25, 0.3) is 0 Å². The number of hydrogen-bond donors (Lipinski definition) is 1. The van der Waals surface area contributed by atoms with Crippen LogP contribution in [-0.2, 0) is 6.61 Å². The topological polar surface area (TPSA) is 76.7 Å². The van der Waals surface area contributed by atoms with Gasteiger partial charge in [0, 0.05) is 11.6 Å². The molecule has 0 aliphatic heterocycles. The number of ether oxygens (including phenoxy) is 1. The molecule has 0 saturated heterocycles. The molecule has 0 atom stereocenters. The third-order valence-electron chi connectivity index (χ3n) is 2.86. The summed E-state index contributed by atoms with van der Waals surface area (Å²) in [7, 11) is 0. The van der Waals surface area contributed by atoms with Crippen LogP contribution in [0.25, 0.3) is 0 Å². The van der Waals surface area contributed by atoms with Gasteiger partial charge in [0.2, 0.25) is 5.76 Å². The molecule has 1 aromatic heterocycles. The predicted octanol–water partition coefficient (Wildman–Crippen LogP) is 3.21. The van der Waals surface area contributed by atoms with Gasteiger partial charge in [-0.25, -0.2) is 9.18 Å². The molecule has 6 heteroatoms. The van der Waals surface area contributed by atoms with Crippen molar-refractivity contribution in [2.45, 2.75) is 20.5 Å². The van der Waals surface area contributed by atoms with Crippen LogP contribution in [0.5, 0.6) is 5.75 Å². The molecule has 21 heavy (non-hydrogen) atoms. The smallest absolute Gasteiger partial charge is 0.372 e. The van der Waals surface area contributed by atoms with Crippen molar-refractivity contribution in [3.8, 4) is 5.75 Å². The highest BCUT2D eigenvalue weighted by Crippen LogP contribution is 2.20. The summed E-state index contributed by atoms with van der Waals surface area (Å²) in [6, 6.07) is 5.45. The van der Waals surface area contributed by atoms with Crippen LogP contribution in [0.3, 0.4) is 0 Å². The molecule has 0 radical (unpaired) electrons. The lowest BCUT2D eigenvalue weighted by molar-refractivity contribution is 0.0657. The second-order valence-corrected chi connectivity index (χ2v) is 4.52. The first-order valence-corrected chi connectivity index (χ1v) is 6.14. The van der Waals surface area contributed by atoms with E-state index in [1.165, 1.54) is 19.1 Å². The van der Waals surface area contributed by atoms with Crippen LogP contribution in [0.1, 0.15) is 39.2 Å². The van der Waals surface area contributed by atoms with Gasteiger partial charge in [0.05, 0.1) is 5.56 Å². The highest BCUT2D eigenvalue weighted by atomic mass is 19.1. The summed E-state index contributed by atoms with van der Waals surface area (Å²) in [5, 5.41) is 8.87. The second kappa shape index (κ2) is 5.78. The fourth-order valence-electron chi connectivity index (χ4n) is 1.86. The zero-order valence-corrected chi connectivity index (χ0v) is 11.5. The van der Waals surface area contributed by atoms with Gasteiger partial charge >= 0.3 is 5.97 Å². The molecule has 0 saturated carbocycles. The minimum Gasteiger partial charge on any atom is -0.486 e. The molecule has 0 unspecified atom stereocenters. The summed E-state index contributed by atoms with van der Waals surface area (Å²) in [6.07, 6.45) is 0. The van der Waals surface area contributed by atoms with Gasteiger partial charge in [-0.15, -0.1) is 0 Å². The Morgan fingerprint density at radius 2 is 2.05 bits per heavy atom. The average molecular weight is 292 g/mol. The largest absolute Gasteiger partial charge is 0.486 e. The lowest BCUT2D eigenvalue weighted by atomic mass is 10.1. The Kier molecular flexibility index (Phi) is 4.07. The Bertz CT molecular complexity index is 702. The number of carboxylic acid groups (broad SMARTS) is 1. The van der Waals surface area contributed by atoms with E-state index in [0.29, 0.717) is 11.3 Å².